The summed E-state index contributed by atoms with van der Waals surface area (Å²) in [6, 6.07) is 7.28. The Morgan fingerprint density at radius 1 is 1.15 bits per heavy atom. The summed E-state index contributed by atoms with van der Waals surface area (Å²) in [5.41, 5.74) is 0.584. The average Bonchev–Trinajstić information content (AvgIpc) is 3.76. The van der Waals surface area contributed by atoms with Crippen LogP contribution in [0.5, 0.6) is 5.75 Å². The second kappa shape index (κ2) is 11.6. The zero-order valence-corrected chi connectivity index (χ0v) is 22.5. The topological polar surface area (TPSA) is 83.8 Å². The van der Waals surface area contributed by atoms with Crippen molar-refractivity contribution in [3.05, 3.63) is 74.5 Å². The number of aryl methyl sites for hydroxylation is 1. The van der Waals surface area contributed by atoms with Gasteiger partial charge in [-0.05, 0) is 62.8 Å². The van der Waals surface area contributed by atoms with Crippen molar-refractivity contribution in [2.45, 2.75) is 57.2 Å². The summed E-state index contributed by atoms with van der Waals surface area (Å²) >= 11 is 5.96. The number of aliphatic hydroxyl groups excluding tert-OH is 1. The number of fused-ring (bicyclic) bond motifs is 1. The smallest absolute Gasteiger partial charge is 0.256 e. The Hall–Kier alpha value is -3.01. The molecule has 1 unspecified atom stereocenters. The number of aromatic nitrogens is 1. The molecule has 1 aromatic heterocycles. The summed E-state index contributed by atoms with van der Waals surface area (Å²) in [4.78, 5) is 28.4. The molecule has 2 fully saturated rings. The van der Waals surface area contributed by atoms with Crippen molar-refractivity contribution in [3.8, 4) is 5.75 Å². The molecular formula is C29H32ClF2N3O4. The molecule has 2 aliphatic rings. The third kappa shape index (κ3) is 6.42. The number of nitrogens with one attached hydrogen (secondary N) is 1. The Morgan fingerprint density at radius 2 is 1.90 bits per heavy atom. The van der Waals surface area contributed by atoms with Gasteiger partial charge in [0.1, 0.15) is 29.6 Å². The van der Waals surface area contributed by atoms with Crippen LogP contribution in [0.4, 0.5) is 8.78 Å². The number of ether oxygens (including phenoxy) is 1. The molecule has 10 heteroatoms. The molecule has 3 aromatic rings. The maximum atomic E-state index is 14.2. The molecule has 7 nitrogen and oxygen atoms in total. The number of pyridine rings is 1. The molecule has 208 valence electrons. The third-order valence-corrected chi connectivity index (χ3v) is 7.84. The maximum Gasteiger partial charge on any atom is 0.256 e. The Morgan fingerprint density at radius 3 is 2.59 bits per heavy atom. The molecule has 5 rings (SSSR count). The monoisotopic (exact) mass is 559 g/mol. The SMILES string of the molecule is Cc1ccc(OCC(O)CCN2CCC(NC(=O)c3cn(C4CC4)c4cc(Cl)c(F)cc4c3=O)CC2)cc1F. The van der Waals surface area contributed by atoms with Crippen LogP contribution in [0, 0.1) is 18.6 Å². The number of rotatable bonds is 9. The predicted molar refractivity (Wildman–Crippen MR) is 146 cm³/mol. The van der Waals surface area contributed by atoms with E-state index in [-0.39, 0.29) is 40.5 Å². The van der Waals surface area contributed by atoms with Gasteiger partial charge in [0.25, 0.3) is 5.91 Å². The molecule has 1 saturated heterocycles. The van der Waals surface area contributed by atoms with Gasteiger partial charge in [-0.3, -0.25) is 9.59 Å². The van der Waals surface area contributed by atoms with Crippen LogP contribution in [0.25, 0.3) is 10.9 Å². The van der Waals surface area contributed by atoms with E-state index in [9.17, 15) is 23.5 Å². The average molecular weight is 560 g/mol. The van der Waals surface area contributed by atoms with Gasteiger partial charge in [0, 0.05) is 49.4 Å². The molecule has 1 amide bonds. The van der Waals surface area contributed by atoms with Crippen LogP contribution >= 0.6 is 11.6 Å². The number of carbonyl (C=O) groups is 1. The van der Waals surface area contributed by atoms with E-state index in [0.29, 0.717) is 42.6 Å². The summed E-state index contributed by atoms with van der Waals surface area (Å²) in [5.74, 6) is -1.10. The number of hydrogen-bond acceptors (Lipinski definition) is 5. The van der Waals surface area contributed by atoms with Crippen LogP contribution in [-0.4, -0.2) is 58.9 Å². The molecule has 1 saturated carbocycles. The number of aliphatic hydroxyl groups is 1. The van der Waals surface area contributed by atoms with Crippen molar-refractivity contribution in [3.63, 3.8) is 0 Å². The lowest BCUT2D eigenvalue weighted by Gasteiger charge is -2.32. The predicted octanol–water partition coefficient (Wildman–Crippen LogP) is 4.60. The lowest BCUT2D eigenvalue weighted by atomic mass is 10.0. The van der Waals surface area contributed by atoms with Gasteiger partial charge in [-0.2, -0.15) is 0 Å². The van der Waals surface area contributed by atoms with Gasteiger partial charge in [-0.25, -0.2) is 8.78 Å². The number of amides is 1. The van der Waals surface area contributed by atoms with E-state index in [0.717, 1.165) is 32.0 Å². The normalized spacial score (nSPS) is 17.4. The maximum absolute atomic E-state index is 14.2. The third-order valence-electron chi connectivity index (χ3n) is 7.55. The van der Waals surface area contributed by atoms with Gasteiger partial charge < -0.3 is 24.6 Å². The molecule has 39 heavy (non-hydrogen) atoms. The molecule has 1 aliphatic carbocycles. The molecular weight excluding hydrogens is 528 g/mol. The van der Waals surface area contributed by atoms with Crippen molar-refractivity contribution in [1.82, 2.24) is 14.8 Å². The van der Waals surface area contributed by atoms with Crippen LogP contribution < -0.4 is 15.5 Å². The first-order valence-corrected chi connectivity index (χ1v) is 13.7. The van der Waals surface area contributed by atoms with Crippen LogP contribution in [0.2, 0.25) is 5.02 Å². The standard InChI is InChI=1S/C29H32ClF2N3O4/c1-17-2-5-21(12-25(17)31)39-16-20(36)8-11-34-9-6-18(7-10-34)33-29(38)23-15-35(19-3-4-19)27-14-24(30)26(32)13-22(27)28(23)37/h2,5,12-15,18-20,36H,3-4,6-11,16H2,1H3,(H,33,38). The molecule has 1 atom stereocenters. The fraction of sp³-hybridized carbons (Fsp3) is 0.448. The lowest BCUT2D eigenvalue weighted by Crippen LogP contribution is -2.46. The van der Waals surface area contributed by atoms with E-state index in [1.54, 1.807) is 25.3 Å². The van der Waals surface area contributed by atoms with Crippen LogP contribution in [0.3, 0.4) is 0 Å². The Kier molecular flexibility index (Phi) is 8.21. The van der Waals surface area contributed by atoms with Crippen LogP contribution in [0.15, 0.2) is 41.3 Å². The largest absolute Gasteiger partial charge is 0.491 e. The number of piperidine rings is 1. The van der Waals surface area contributed by atoms with Crippen molar-refractivity contribution >= 4 is 28.4 Å². The quantitative estimate of drug-likeness (QED) is 0.400. The van der Waals surface area contributed by atoms with Gasteiger partial charge in [0.15, 0.2) is 0 Å². The van der Waals surface area contributed by atoms with Crippen molar-refractivity contribution in [1.29, 1.82) is 0 Å². The molecule has 0 bridgehead atoms. The minimum absolute atomic E-state index is 0.00938. The number of likely N-dealkylation sites (tertiary alicyclic amines) is 1. The van der Waals surface area contributed by atoms with Crippen molar-refractivity contribution < 1.29 is 23.4 Å². The fourth-order valence-electron chi connectivity index (χ4n) is 5.00. The number of halogens is 3. The summed E-state index contributed by atoms with van der Waals surface area (Å²) < 4.78 is 35.2. The van der Waals surface area contributed by atoms with E-state index < -0.39 is 23.3 Å². The highest BCUT2D eigenvalue weighted by Crippen LogP contribution is 2.37. The number of nitrogens with zero attached hydrogens (tertiary/aromatic N) is 2. The molecule has 2 N–H and O–H groups in total. The van der Waals surface area contributed by atoms with Gasteiger partial charge in [-0.1, -0.05) is 17.7 Å². The zero-order chi connectivity index (χ0) is 27.7. The molecule has 0 radical (unpaired) electrons. The molecule has 1 aliphatic heterocycles. The molecule has 0 spiro atoms. The number of hydrogen-bond donors (Lipinski definition) is 2. The van der Waals surface area contributed by atoms with Gasteiger partial charge in [-0.15, -0.1) is 0 Å². The number of carbonyl (C=O) groups excluding carboxylic acids is 1. The minimum Gasteiger partial charge on any atom is -0.491 e. The highest BCUT2D eigenvalue weighted by molar-refractivity contribution is 6.31. The zero-order valence-electron chi connectivity index (χ0n) is 21.8. The van der Waals surface area contributed by atoms with Gasteiger partial charge >= 0.3 is 0 Å². The molecule has 2 heterocycles. The second-order valence-corrected chi connectivity index (χ2v) is 11.0. The van der Waals surface area contributed by atoms with Crippen molar-refractivity contribution in [2.75, 3.05) is 26.2 Å². The minimum atomic E-state index is -0.687. The second-order valence-electron chi connectivity index (χ2n) is 10.5. The Bertz CT molecular complexity index is 1430. The van der Waals surface area contributed by atoms with E-state index in [2.05, 4.69) is 10.2 Å². The van der Waals surface area contributed by atoms with E-state index in [4.69, 9.17) is 16.3 Å². The first kappa shape index (κ1) is 27.6. The van der Waals surface area contributed by atoms with Crippen molar-refractivity contribution in [2.24, 2.45) is 0 Å². The lowest BCUT2D eigenvalue weighted by molar-refractivity contribution is 0.0797. The van der Waals surface area contributed by atoms with E-state index >= 15 is 0 Å². The first-order valence-electron chi connectivity index (χ1n) is 13.3. The van der Waals surface area contributed by atoms with E-state index in [1.807, 2.05) is 4.57 Å². The summed E-state index contributed by atoms with van der Waals surface area (Å²) in [6.45, 7) is 3.88. The number of benzene rings is 2. The summed E-state index contributed by atoms with van der Waals surface area (Å²) in [5, 5.41) is 13.4. The van der Waals surface area contributed by atoms with Gasteiger partial charge in [0.2, 0.25) is 5.43 Å². The summed E-state index contributed by atoms with van der Waals surface area (Å²) in [6.07, 6.45) is 4.66. The molecule has 2 aromatic carbocycles. The van der Waals surface area contributed by atoms with Crippen LogP contribution in [-0.2, 0) is 0 Å². The van der Waals surface area contributed by atoms with E-state index in [1.165, 1.54) is 12.1 Å². The van der Waals surface area contributed by atoms with Crippen LogP contribution in [0.1, 0.15) is 54.1 Å². The fourth-order valence-corrected chi connectivity index (χ4v) is 5.15. The Labute approximate surface area is 230 Å². The first-order chi connectivity index (χ1) is 18.7. The highest BCUT2D eigenvalue weighted by atomic mass is 35.5. The Balaban J connectivity index is 1.13. The summed E-state index contributed by atoms with van der Waals surface area (Å²) in [7, 11) is 0. The van der Waals surface area contributed by atoms with Gasteiger partial charge in [0.05, 0.1) is 16.6 Å². The highest BCUT2D eigenvalue weighted by Gasteiger charge is 2.28.